The smallest absolute Gasteiger partial charge is 0.234 e. The maximum atomic E-state index is 11.5. The van der Waals surface area contributed by atoms with Crippen LogP contribution < -0.4 is 10.6 Å². The van der Waals surface area contributed by atoms with E-state index in [1.807, 2.05) is 13.0 Å². The van der Waals surface area contributed by atoms with E-state index >= 15 is 0 Å². The van der Waals surface area contributed by atoms with Gasteiger partial charge in [-0.05, 0) is 17.9 Å². The fourth-order valence-electron chi connectivity index (χ4n) is 2.81. The van der Waals surface area contributed by atoms with Crippen LogP contribution in [0, 0.1) is 0 Å². The number of rotatable bonds is 5. The Bertz CT molecular complexity index is 617. The van der Waals surface area contributed by atoms with Gasteiger partial charge in [-0.2, -0.15) is 0 Å². The molecule has 118 valence electrons. The number of anilines is 1. The summed E-state index contributed by atoms with van der Waals surface area (Å²) in [6, 6.07) is 4.01. The number of primary amides is 1. The molecule has 5 nitrogen and oxygen atoms in total. The van der Waals surface area contributed by atoms with Crippen LogP contribution in [0.4, 0.5) is 5.13 Å². The molecule has 1 fully saturated rings. The quantitative estimate of drug-likeness (QED) is 0.910. The maximum Gasteiger partial charge on any atom is 0.234 e. The molecule has 22 heavy (non-hydrogen) atoms. The first-order valence-electron chi connectivity index (χ1n) is 7.46. The number of hydrogen-bond acceptors (Lipinski definition) is 6. The first-order valence-corrected chi connectivity index (χ1v) is 9.22. The monoisotopic (exact) mass is 336 g/mol. The van der Waals surface area contributed by atoms with Gasteiger partial charge in [0.25, 0.3) is 0 Å². The van der Waals surface area contributed by atoms with Crippen molar-refractivity contribution in [2.45, 2.75) is 19.4 Å². The van der Waals surface area contributed by atoms with Crippen LogP contribution in [0.25, 0.3) is 10.6 Å². The summed E-state index contributed by atoms with van der Waals surface area (Å²) < 4.78 is 0. The van der Waals surface area contributed by atoms with Crippen molar-refractivity contribution < 1.29 is 4.79 Å². The highest BCUT2D eigenvalue weighted by atomic mass is 32.1. The van der Waals surface area contributed by atoms with E-state index in [4.69, 9.17) is 10.7 Å². The lowest BCUT2D eigenvalue weighted by Gasteiger charge is -2.37. The van der Waals surface area contributed by atoms with E-state index in [-0.39, 0.29) is 11.9 Å². The molecule has 0 aliphatic carbocycles. The second-order valence-electron chi connectivity index (χ2n) is 5.34. The summed E-state index contributed by atoms with van der Waals surface area (Å²) in [7, 11) is 0. The van der Waals surface area contributed by atoms with Crippen LogP contribution in [0.15, 0.2) is 22.9 Å². The highest BCUT2D eigenvalue weighted by Crippen LogP contribution is 2.30. The van der Waals surface area contributed by atoms with E-state index in [0.29, 0.717) is 0 Å². The van der Waals surface area contributed by atoms with Crippen LogP contribution in [0.1, 0.15) is 13.3 Å². The fraction of sp³-hybridized carbons (Fsp3) is 0.467. The number of piperazine rings is 1. The summed E-state index contributed by atoms with van der Waals surface area (Å²) in [5.74, 6) is -0.217. The number of carbonyl (C=O) groups is 1. The number of thiazole rings is 1. The van der Waals surface area contributed by atoms with Gasteiger partial charge in [-0.25, -0.2) is 4.98 Å². The third kappa shape index (κ3) is 3.16. The topological polar surface area (TPSA) is 62.5 Å². The standard InChI is InChI=1S/C15H20N4OS2/c1-2-12(14(16)20)18-5-7-19(8-6-18)15-17-11(10-22-15)13-4-3-9-21-13/h3-4,9-10,12H,2,5-8H2,1H3,(H2,16,20). The zero-order chi connectivity index (χ0) is 15.5. The summed E-state index contributed by atoms with van der Waals surface area (Å²) >= 11 is 3.40. The highest BCUT2D eigenvalue weighted by Gasteiger charge is 2.27. The molecular weight excluding hydrogens is 316 g/mol. The van der Waals surface area contributed by atoms with E-state index < -0.39 is 0 Å². The summed E-state index contributed by atoms with van der Waals surface area (Å²) in [4.78, 5) is 21.9. The van der Waals surface area contributed by atoms with Crippen molar-refractivity contribution in [2.75, 3.05) is 31.1 Å². The van der Waals surface area contributed by atoms with Crippen LogP contribution in [-0.2, 0) is 4.79 Å². The molecule has 0 saturated carbocycles. The summed E-state index contributed by atoms with van der Waals surface area (Å²) in [6.07, 6.45) is 0.773. The largest absolute Gasteiger partial charge is 0.368 e. The third-order valence-electron chi connectivity index (χ3n) is 4.01. The third-order valence-corrected chi connectivity index (χ3v) is 5.80. The van der Waals surface area contributed by atoms with E-state index in [2.05, 4.69) is 26.6 Å². The van der Waals surface area contributed by atoms with Gasteiger partial charge in [-0.1, -0.05) is 13.0 Å². The van der Waals surface area contributed by atoms with Gasteiger partial charge in [0.2, 0.25) is 5.91 Å². The fourth-order valence-corrected chi connectivity index (χ4v) is 4.45. The average Bonchev–Trinajstić information content (AvgIpc) is 3.19. The van der Waals surface area contributed by atoms with Crippen molar-refractivity contribution >= 4 is 33.7 Å². The number of aromatic nitrogens is 1. The van der Waals surface area contributed by atoms with E-state index in [1.165, 1.54) is 4.88 Å². The number of amides is 1. The van der Waals surface area contributed by atoms with Crippen LogP contribution >= 0.6 is 22.7 Å². The predicted molar refractivity (Wildman–Crippen MR) is 92.5 cm³/mol. The van der Waals surface area contributed by atoms with Crippen molar-refractivity contribution in [1.82, 2.24) is 9.88 Å². The molecule has 3 rings (SSSR count). The highest BCUT2D eigenvalue weighted by molar-refractivity contribution is 7.16. The average molecular weight is 336 g/mol. The zero-order valence-electron chi connectivity index (χ0n) is 12.6. The van der Waals surface area contributed by atoms with E-state index in [9.17, 15) is 4.79 Å². The number of nitrogens with zero attached hydrogens (tertiary/aromatic N) is 3. The number of hydrogen-bond donors (Lipinski definition) is 1. The first-order chi connectivity index (χ1) is 10.7. The van der Waals surface area contributed by atoms with Crippen molar-refractivity contribution in [3.8, 4) is 10.6 Å². The minimum Gasteiger partial charge on any atom is -0.368 e. The van der Waals surface area contributed by atoms with Crippen LogP contribution in [0.2, 0.25) is 0 Å². The lowest BCUT2D eigenvalue weighted by Crippen LogP contribution is -2.54. The minimum atomic E-state index is -0.217. The number of thiophene rings is 1. The van der Waals surface area contributed by atoms with Gasteiger partial charge in [-0.3, -0.25) is 9.69 Å². The molecule has 1 unspecified atom stereocenters. The molecule has 1 atom stereocenters. The molecule has 2 aromatic heterocycles. The van der Waals surface area contributed by atoms with E-state index in [1.54, 1.807) is 22.7 Å². The Labute approximate surface area is 138 Å². The van der Waals surface area contributed by atoms with Crippen molar-refractivity contribution in [1.29, 1.82) is 0 Å². The lowest BCUT2D eigenvalue weighted by atomic mass is 10.1. The molecule has 2 aromatic rings. The number of nitrogens with two attached hydrogens (primary N) is 1. The van der Waals surface area contributed by atoms with Crippen LogP contribution in [0.5, 0.6) is 0 Å². The Morgan fingerprint density at radius 3 is 2.73 bits per heavy atom. The van der Waals surface area contributed by atoms with Crippen molar-refractivity contribution in [2.24, 2.45) is 5.73 Å². The van der Waals surface area contributed by atoms with Gasteiger partial charge in [-0.15, -0.1) is 22.7 Å². The molecule has 1 aliphatic heterocycles. The normalized spacial score (nSPS) is 17.6. The summed E-state index contributed by atoms with van der Waals surface area (Å²) in [5, 5.41) is 5.25. The molecule has 7 heteroatoms. The van der Waals surface area contributed by atoms with Gasteiger partial charge >= 0.3 is 0 Å². The molecule has 0 spiro atoms. The Balaban J connectivity index is 1.63. The SMILES string of the molecule is CCC(C(N)=O)N1CCN(c2nc(-c3cccs3)cs2)CC1. The minimum absolute atomic E-state index is 0.139. The first kappa shape index (κ1) is 15.5. The number of carbonyl (C=O) groups excluding carboxylic acids is 1. The molecular formula is C15H20N4OS2. The summed E-state index contributed by atoms with van der Waals surface area (Å²) in [6.45, 7) is 5.50. The lowest BCUT2D eigenvalue weighted by molar-refractivity contribution is -0.123. The molecule has 1 saturated heterocycles. The van der Waals surface area contributed by atoms with Crippen molar-refractivity contribution in [3.63, 3.8) is 0 Å². The second-order valence-corrected chi connectivity index (χ2v) is 7.13. The van der Waals surface area contributed by atoms with Crippen LogP contribution in [0.3, 0.4) is 0 Å². The molecule has 0 aromatic carbocycles. The summed E-state index contributed by atoms with van der Waals surface area (Å²) in [5.41, 5.74) is 6.53. The zero-order valence-corrected chi connectivity index (χ0v) is 14.2. The van der Waals surface area contributed by atoms with Gasteiger partial charge in [0, 0.05) is 31.6 Å². The Morgan fingerprint density at radius 2 is 2.14 bits per heavy atom. The molecule has 0 radical (unpaired) electrons. The molecule has 1 amide bonds. The Morgan fingerprint density at radius 1 is 1.36 bits per heavy atom. The van der Waals surface area contributed by atoms with Crippen LogP contribution in [-0.4, -0.2) is 48.0 Å². The maximum absolute atomic E-state index is 11.5. The molecule has 0 bridgehead atoms. The van der Waals surface area contributed by atoms with Gasteiger partial charge in [0.1, 0.15) is 0 Å². The molecule has 1 aliphatic rings. The predicted octanol–water partition coefficient (Wildman–Crippen LogP) is 2.26. The van der Waals surface area contributed by atoms with Gasteiger partial charge < -0.3 is 10.6 Å². The van der Waals surface area contributed by atoms with Gasteiger partial charge in [0.15, 0.2) is 5.13 Å². The van der Waals surface area contributed by atoms with Crippen molar-refractivity contribution in [3.05, 3.63) is 22.9 Å². The Hall–Kier alpha value is -1.44. The molecule has 2 N–H and O–H groups in total. The second kappa shape index (κ2) is 6.76. The molecule has 3 heterocycles. The Kier molecular flexibility index (Phi) is 4.75. The van der Waals surface area contributed by atoms with Gasteiger partial charge in [0.05, 0.1) is 16.6 Å². The van der Waals surface area contributed by atoms with E-state index in [0.717, 1.165) is 43.4 Å².